The number of nitrogens with one attached hydrogen (secondary N) is 2. The van der Waals surface area contributed by atoms with Crippen LogP contribution in [-0.4, -0.2) is 56.4 Å². The number of halogens is 3. The van der Waals surface area contributed by atoms with Crippen LogP contribution in [0.15, 0.2) is 40.9 Å². The number of aliphatic hydroxyl groups excluding tert-OH is 1. The molecule has 0 aromatic carbocycles. The summed E-state index contributed by atoms with van der Waals surface area (Å²) in [6, 6.07) is 2.23. The summed E-state index contributed by atoms with van der Waals surface area (Å²) in [7, 11) is 0. The Kier molecular flexibility index (Phi) is 8.44. The Bertz CT molecular complexity index is 1640. The Labute approximate surface area is 228 Å². The predicted octanol–water partition coefficient (Wildman–Crippen LogP) is 3.91. The summed E-state index contributed by atoms with van der Waals surface area (Å²) in [6.07, 6.45) is -0.713. The molecule has 0 aliphatic carbocycles. The minimum atomic E-state index is -4.67. The zero-order valence-corrected chi connectivity index (χ0v) is 22.0. The summed E-state index contributed by atoms with van der Waals surface area (Å²) in [5.74, 6) is -0.797. The zero-order chi connectivity index (χ0) is 29.0. The molecule has 210 valence electrons. The van der Waals surface area contributed by atoms with Crippen molar-refractivity contribution in [3.8, 4) is 21.7 Å². The average molecular weight is 577 g/mol. The van der Waals surface area contributed by atoms with Crippen LogP contribution in [0.25, 0.3) is 32.7 Å². The van der Waals surface area contributed by atoms with Crippen LogP contribution in [0.5, 0.6) is 0 Å². The van der Waals surface area contributed by atoms with Crippen molar-refractivity contribution in [3.05, 3.63) is 57.6 Å². The Balaban J connectivity index is 1.92. The standard InChI is InChI=1S/C25H23F3N6O5S/c1-3-29-24(38)33-19-8-14(22-32-18(12-40-22)25(26,27)28)16(10-30-19)13-7-15-20(36)17(23(37)39-4-2)11-34(5-6-35)21(15)31-9-13/h7-12,35H,3-6H2,1-2H3,(H2,29,30,33,38). The quantitative estimate of drug-likeness (QED) is 0.268. The van der Waals surface area contributed by atoms with Gasteiger partial charge in [-0.2, -0.15) is 13.2 Å². The molecule has 0 fully saturated rings. The third kappa shape index (κ3) is 5.94. The van der Waals surface area contributed by atoms with E-state index in [1.165, 1.54) is 35.3 Å². The SMILES string of the molecule is CCNC(=O)Nc1cc(-c2nc(C(F)(F)F)cs2)c(-c2cnc3c(c2)c(=O)c(C(=O)OCC)cn3CCO)cn1. The smallest absolute Gasteiger partial charge is 0.434 e. The first-order chi connectivity index (χ1) is 19.1. The molecule has 0 saturated carbocycles. The monoisotopic (exact) mass is 576 g/mol. The lowest BCUT2D eigenvalue weighted by molar-refractivity contribution is -0.140. The van der Waals surface area contributed by atoms with Crippen LogP contribution < -0.4 is 16.1 Å². The number of aliphatic hydroxyl groups is 1. The summed E-state index contributed by atoms with van der Waals surface area (Å²) in [5.41, 5.74) is -1.10. The first-order valence-corrected chi connectivity index (χ1v) is 12.8. The van der Waals surface area contributed by atoms with E-state index in [2.05, 4.69) is 25.6 Å². The van der Waals surface area contributed by atoms with E-state index in [1.54, 1.807) is 13.8 Å². The number of alkyl halides is 3. The molecular formula is C25H23F3N6O5S. The average Bonchev–Trinajstić information content (AvgIpc) is 3.42. The number of hydrogen-bond acceptors (Lipinski definition) is 9. The van der Waals surface area contributed by atoms with E-state index < -0.39 is 29.3 Å². The zero-order valence-electron chi connectivity index (χ0n) is 21.2. The first-order valence-electron chi connectivity index (χ1n) is 12.0. The van der Waals surface area contributed by atoms with Crippen molar-refractivity contribution in [1.82, 2.24) is 24.8 Å². The Morgan fingerprint density at radius 2 is 1.93 bits per heavy atom. The van der Waals surface area contributed by atoms with Gasteiger partial charge in [0.2, 0.25) is 5.43 Å². The fourth-order valence-corrected chi connectivity index (χ4v) is 4.69. The number of ether oxygens (including phenoxy) is 1. The highest BCUT2D eigenvalue weighted by Gasteiger charge is 2.34. The molecule has 0 saturated heterocycles. The highest BCUT2D eigenvalue weighted by molar-refractivity contribution is 7.13. The minimum absolute atomic E-state index is 0.0123. The number of nitrogens with zero attached hydrogens (tertiary/aromatic N) is 4. The van der Waals surface area contributed by atoms with Gasteiger partial charge in [0.05, 0.1) is 18.6 Å². The first kappa shape index (κ1) is 28.6. The third-order valence-corrected chi connectivity index (χ3v) is 6.44. The summed E-state index contributed by atoms with van der Waals surface area (Å²) in [6.45, 7) is 3.40. The Hall–Kier alpha value is -4.37. The van der Waals surface area contributed by atoms with Crippen LogP contribution in [0.2, 0.25) is 0 Å². The predicted molar refractivity (Wildman–Crippen MR) is 141 cm³/mol. The highest BCUT2D eigenvalue weighted by Crippen LogP contribution is 2.38. The summed E-state index contributed by atoms with van der Waals surface area (Å²) in [5, 5.41) is 15.4. The van der Waals surface area contributed by atoms with Gasteiger partial charge >= 0.3 is 18.2 Å². The topological polar surface area (TPSA) is 148 Å². The van der Waals surface area contributed by atoms with Gasteiger partial charge < -0.3 is 19.7 Å². The molecule has 3 N–H and O–H groups in total. The van der Waals surface area contributed by atoms with E-state index in [0.717, 1.165) is 16.7 Å². The second kappa shape index (κ2) is 11.8. The van der Waals surface area contributed by atoms with Gasteiger partial charge in [0, 0.05) is 53.8 Å². The maximum absolute atomic E-state index is 13.3. The molecule has 4 heterocycles. The van der Waals surface area contributed by atoms with Gasteiger partial charge in [0.1, 0.15) is 22.0 Å². The van der Waals surface area contributed by atoms with Crippen molar-refractivity contribution in [2.24, 2.45) is 0 Å². The van der Waals surface area contributed by atoms with Crippen LogP contribution in [0.4, 0.5) is 23.8 Å². The summed E-state index contributed by atoms with van der Waals surface area (Å²) in [4.78, 5) is 50.0. The van der Waals surface area contributed by atoms with Crippen LogP contribution in [0, 0.1) is 0 Å². The molecule has 40 heavy (non-hydrogen) atoms. The highest BCUT2D eigenvalue weighted by atomic mass is 32.1. The van der Waals surface area contributed by atoms with E-state index in [1.807, 2.05) is 0 Å². The molecule has 0 aliphatic rings. The number of carbonyl (C=O) groups excluding carboxylic acids is 2. The fraction of sp³-hybridized carbons (Fsp3) is 0.280. The number of rotatable bonds is 8. The normalized spacial score (nSPS) is 11.4. The van der Waals surface area contributed by atoms with E-state index in [0.29, 0.717) is 6.54 Å². The number of urea groups is 1. The van der Waals surface area contributed by atoms with Crippen LogP contribution in [-0.2, 0) is 17.5 Å². The van der Waals surface area contributed by atoms with Crippen LogP contribution >= 0.6 is 11.3 Å². The number of carbonyl (C=O) groups is 2. The van der Waals surface area contributed by atoms with Crippen LogP contribution in [0.3, 0.4) is 0 Å². The van der Waals surface area contributed by atoms with Crippen LogP contribution in [0.1, 0.15) is 29.9 Å². The second-order valence-electron chi connectivity index (χ2n) is 8.24. The van der Waals surface area contributed by atoms with E-state index >= 15 is 0 Å². The number of fused-ring (bicyclic) bond motifs is 1. The number of pyridine rings is 3. The van der Waals surface area contributed by atoms with Gasteiger partial charge in [-0.15, -0.1) is 11.3 Å². The van der Waals surface area contributed by atoms with Gasteiger partial charge in [0.15, 0.2) is 5.69 Å². The lowest BCUT2D eigenvalue weighted by atomic mass is 10.0. The second-order valence-corrected chi connectivity index (χ2v) is 9.10. The number of thiazole rings is 1. The molecule has 0 unspecified atom stereocenters. The van der Waals surface area contributed by atoms with E-state index in [9.17, 15) is 32.7 Å². The maximum Gasteiger partial charge on any atom is 0.434 e. The molecule has 11 nitrogen and oxygen atoms in total. The summed E-state index contributed by atoms with van der Waals surface area (Å²) >= 11 is 0.741. The number of hydrogen-bond donors (Lipinski definition) is 3. The lowest BCUT2D eigenvalue weighted by Gasteiger charge is -2.14. The van der Waals surface area contributed by atoms with E-state index in [4.69, 9.17) is 4.74 Å². The Morgan fingerprint density at radius 1 is 1.15 bits per heavy atom. The van der Waals surface area contributed by atoms with Crippen molar-refractivity contribution in [2.75, 3.05) is 25.1 Å². The van der Waals surface area contributed by atoms with Gasteiger partial charge in [-0.3, -0.25) is 10.1 Å². The van der Waals surface area contributed by atoms with Crippen molar-refractivity contribution in [1.29, 1.82) is 0 Å². The number of anilines is 1. The van der Waals surface area contributed by atoms with Crippen molar-refractivity contribution in [3.63, 3.8) is 0 Å². The molecule has 0 aliphatic heterocycles. The third-order valence-electron chi connectivity index (χ3n) is 5.57. The molecule has 4 rings (SSSR count). The minimum Gasteiger partial charge on any atom is -0.462 e. The van der Waals surface area contributed by atoms with Gasteiger partial charge in [-0.05, 0) is 26.0 Å². The lowest BCUT2D eigenvalue weighted by Crippen LogP contribution is -2.28. The largest absolute Gasteiger partial charge is 0.462 e. The van der Waals surface area contributed by atoms with E-state index in [-0.39, 0.29) is 63.9 Å². The fourth-order valence-electron chi connectivity index (χ4n) is 3.83. The summed E-state index contributed by atoms with van der Waals surface area (Å²) < 4.78 is 46.4. The van der Waals surface area contributed by atoms with Gasteiger partial charge in [0.25, 0.3) is 0 Å². The molecule has 15 heteroatoms. The molecule has 0 spiro atoms. The Morgan fingerprint density at radius 3 is 2.58 bits per heavy atom. The number of aromatic nitrogens is 4. The number of esters is 1. The van der Waals surface area contributed by atoms with Gasteiger partial charge in [-0.1, -0.05) is 0 Å². The van der Waals surface area contributed by atoms with Gasteiger partial charge in [-0.25, -0.2) is 24.5 Å². The van der Waals surface area contributed by atoms with Crippen molar-refractivity contribution < 1.29 is 32.6 Å². The molecule has 0 atom stereocenters. The molecule has 2 amide bonds. The molecule has 0 bridgehead atoms. The molecular weight excluding hydrogens is 553 g/mol. The molecule has 4 aromatic rings. The molecule has 0 radical (unpaired) electrons. The number of amides is 2. The molecule has 4 aromatic heterocycles. The van der Waals surface area contributed by atoms with Crippen molar-refractivity contribution in [2.45, 2.75) is 26.6 Å². The maximum atomic E-state index is 13.3. The van der Waals surface area contributed by atoms with Crippen molar-refractivity contribution >= 4 is 40.2 Å².